The molecule has 0 amide bonds. The van der Waals surface area contributed by atoms with Crippen LogP contribution in [0, 0.1) is 6.92 Å². The van der Waals surface area contributed by atoms with Crippen molar-refractivity contribution >= 4 is 16.7 Å². The number of hydrogen-bond donors (Lipinski definition) is 1. The molecule has 0 radical (unpaired) electrons. The minimum atomic E-state index is -1.08. The standard InChI is InChI=1S/C15H11NO3/c1-9-13(15(17)18)16-14(19-9)12-8-4-6-10-5-2-3-7-11(10)12/h2-8H,1H3,(H,17,18). The molecule has 4 nitrogen and oxygen atoms in total. The van der Waals surface area contributed by atoms with E-state index in [0.717, 1.165) is 16.3 Å². The Balaban J connectivity index is 2.25. The second-order valence-corrected chi connectivity index (χ2v) is 4.26. The summed E-state index contributed by atoms with van der Waals surface area (Å²) in [6.07, 6.45) is 0. The number of oxazole rings is 1. The lowest BCUT2D eigenvalue weighted by molar-refractivity contribution is 0.0689. The largest absolute Gasteiger partial charge is 0.476 e. The molecule has 4 heteroatoms. The molecule has 0 aliphatic carbocycles. The van der Waals surface area contributed by atoms with Gasteiger partial charge in [-0.2, -0.15) is 0 Å². The van der Waals surface area contributed by atoms with Gasteiger partial charge in [-0.15, -0.1) is 0 Å². The lowest BCUT2D eigenvalue weighted by Crippen LogP contribution is -1.98. The zero-order valence-electron chi connectivity index (χ0n) is 10.3. The number of benzene rings is 2. The summed E-state index contributed by atoms with van der Waals surface area (Å²) in [4.78, 5) is 15.1. The first-order chi connectivity index (χ1) is 9.16. The molecule has 0 unspecified atom stereocenters. The van der Waals surface area contributed by atoms with Gasteiger partial charge in [0.25, 0.3) is 0 Å². The summed E-state index contributed by atoms with van der Waals surface area (Å²) >= 11 is 0. The number of aryl methyl sites for hydroxylation is 1. The van der Waals surface area contributed by atoms with E-state index in [4.69, 9.17) is 9.52 Å². The van der Waals surface area contributed by atoms with Crippen LogP contribution < -0.4 is 0 Å². The number of aromatic nitrogens is 1. The molecule has 3 aromatic rings. The smallest absolute Gasteiger partial charge is 0.358 e. The molecule has 1 N–H and O–H groups in total. The minimum absolute atomic E-state index is 0.0389. The van der Waals surface area contributed by atoms with Gasteiger partial charge in [0, 0.05) is 5.56 Å². The molecule has 0 aliphatic rings. The van der Waals surface area contributed by atoms with Crippen molar-refractivity contribution in [3.8, 4) is 11.5 Å². The predicted molar refractivity (Wildman–Crippen MR) is 71.1 cm³/mol. The van der Waals surface area contributed by atoms with Crippen LogP contribution in [0.1, 0.15) is 16.2 Å². The molecule has 19 heavy (non-hydrogen) atoms. The van der Waals surface area contributed by atoms with E-state index in [-0.39, 0.29) is 5.69 Å². The molecule has 3 rings (SSSR count). The Morgan fingerprint density at radius 1 is 1.16 bits per heavy atom. The van der Waals surface area contributed by atoms with Gasteiger partial charge in [-0.05, 0) is 23.8 Å². The number of rotatable bonds is 2. The maximum Gasteiger partial charge on any atom is 0.358 e. The van der Waals surface area contributed by atoms with E-state index in [1.807, 2.05) is 42.5 Å². The van der Waals surface area contributed by atoms with Crippen molar-refractivity contribution in [2.75, 3.05) is 0 Å². The molecule has 0 saturated heterocycles. The van der Waals surface area contributed by atoms with Gasteiger partial charge in [-0.3, -0.25) is 0 Å². The van der Waals surface area contributed by atoms with Gasteiger partial charge in [0.1, 0.15) is 5.76 Å². The van der Waals surface area contributed by atoms with Crippen molar-refractivity contribution in [2.45, 2.75) is 6.92 Å². The Hall–Kier alpha value is -2.62. The lowest BCUT2D eigenvalue weighted by atomic mass is 10.0. The average molecular weight is 253 g/mol. The summed E-state index contributed by atoms with van der Waals surface area (Å²) in [6, 6.07) is 13.6. The van der Waals surface area contributed by atoms with Crippen LogP contribution in [0.5, 0.6) is 0 Å². The maximum absolute atomic E-state index is 11.0. The van der Waals surface area contributed by atoms with Crippen LogP contribution >= 0.6 is 0 Å². The third-order valence-corrected chi connectivity index (χ3v) is 3.02. The van der Waals surface area contributed by atoms with Gasteiger partial charge >= 0.3 is 5.97 Å². The maximum atomic E-state index is 11.0. The highest BCUT2D eigenvalue weighted by molar-refractivity contribution is 5.95. The molecular weight excluding hydrogens is 242 g/mol. The third-order valence-electron chi connectivity index (χ3n) is 3.02. The van der Waals surface area contributed by atoms with Crippen molar-refractivity contribution in [1.82, 2.24) is 4.98 Å². The van der Waals surface area contributed by atoms with Crippen molar-refractivity contribution in [2.24, 2.45) is 0 Å². The Bertz CT molecular complexity index is 769. The van der Waals surface area contributed by atoms with E-state index in [1.165, 1.54) is 0 Å². The fraction of sp³-hybridized carbons (Fsp3) is 0.0667. The van der Waals surface area contributed by atoms with Gasteiger partial charge in [-0.25, -0.2) is 9.78 Å². The van der Waals surface area contributed by atoms with Gasteiger partial charge in [-0.1, -0.05) is 36.4 Å². The topological polar surface area (TPSA) is 63.3 Å². The summed E-state index contributed by atoms with van der Waals surface area (Å²) in [6.45, 7) is 1.60. The summed E-state index contributed by atoms with van der Waals surface area (Å²) in [7, 11) is 0. The fourth-order valence-corrected chi connectivity index (χ4v) is 2.12. The average Bonchev–Trinajstić information content (AvgIpc) is 2.80. The SMILES string of the molecule is Cc1oc(-c2cccc3ccccc23)nc1C(=O)O. The van der Waals surface area contributed by atoms with Crippen LogP contribution in [0.25, 0.3) is 22.2 Å². The van der Waals surface area contributed by atoms with E-state index in [0.29, 0.717) is 11.7 Å². The molecule has 1 heterocycles. The van der Waals surface area contributed by atoms with Crippen molar-refractivity contribution in [3.05, 3.63) is 53.9 Å². The number of aromatic carboxylic acids is 1. The van der Waals surface area contributed by atoms with E-state index < -0.39 is 5.97 Å². The molecule has 0 spiro atoms. The number of carboxylic acids is 1. The molecule has 1 aromatic heterocycles. The summed E-state index contributed by atoms with van der Waals surface area (Å²) < 4.78 is 5.48. The van der Waals surface area contributed by atoms with E-state index in [2.05, 4.69) is 4.98 Å². The van der Waals surface area contributed by atoms with Crippen LogP contribution in [0.3, 0.4) is 0 Å². The quantitative estimate of drug-likeness (QED) is 0.759. The Labute approximate surface area is 109 Å². The second-order valence-electron chi connectivity index (χ2n) is 4.26. The van der Waals surface area contributed by atoms with Gasteiger partial charge in [0.2, 0.25) is 5.89 Å². The number of fused-ring (bicyclic) bond motifs is 1. The summed E-state index contributed by atoms with van der Waals surface area (Å²) in [5, 5.41) is 11.1. The third kappa shape index (κ3) is 1.87. The Morgan fingerprint density at radius 3 is 2.63 bits per heavy atom. The van der Waals surface area contributed by atoms with Crippen LogP contribution in [-0.4, -0.2) is 16.1 Å². The van der Waals surface area contributed by atoms with Gasteiger partial charge in [0.05, 0.1) is 0 Å². The predicted octanol–water partition coefficient (Wildman–Crippen LogP) is 3.50. The van der Waals surface area contributed by atoms with E-state index >= 15 is 0 Å². The second kappa shape index (κ2) is 4.24. The molecule has 94 valence electrons. The highest BCUT2D eigenvalue weighted by atomic mass is 16.4. The van der Waals surface area contributed by atoms with E-state index in [1.54, 1.807) is 6.92 Å². The number of carbonyl (C=O) groups is 1. The van der Waals surface area contributed by atoms with E-state index in [9.17, 15) is 4.79 Å². The van der Waals surface area contributed by atoms with Crippen LogP contribution in [0.15, 0.2) is 46.9 Å². The number of hydrogen-bond acceptors (Lipinski definition) is 3. The zero-order valence-corrected chi connectivity index (χ0v) is 10.3. The molecule has 2 aromatic carbocycles. The molecule has 0 fully saturated rings. The summed E-state index contributed by atoms with van der Waals surface area (Å²) in [5.74, 6) is -0.421. The highest BCUT2D eigenvalue weighted by Crippen LogP contribution is 2.29. The van der Waals surface area contributed by atoms with Crippen LogP contribution in [0.4, 0.5) is 0 Å². The normalized spacial score (nSPS) is 10.8. The first-order valence-corrected chi connectivity index (χ1v) is 5.85. The Morgan fingerprint density at radius 2 is 1.89 bits per heavy atom. The first-order valence-electron chi connectivity index (χ1n) is 5.85. The first kappa shape index (κ1) is 11.5. The molecule has 0 atom stereocenters. The molecular formula is C15H11NO3. The summed E-state index contributed by atoms with van der Waals surface area (Å²) in [5.41, 5.74) is 0.761. The number of nitrogens with zero attached hydrogens (tertiary/aromatic N) is 1. The lowest BCUT2D eigenvalue weighted by Gasteiger charge is -2.02. The van der Waals surface area contributed by atoms with Crippen LogP contribution in [-0.2, 0) is 0 Å². The van der Waals surface area contributed by atoms with Gasteiger partial charge in [0.15, 0.2) is 5.69 Å². The van der Waals surface area contributed by atoms with Gasteiger partial charge < -0.3 is 9.52 Å². The zero-order chi connectivity index (χ0) is 13.4. The van der Waals surface area contributed by atoms with Crippen LogP contribution in [0.2, 0.25) is 0 Å². The molecule has 0 aliphatic heterocycles. The highest BCUT2D eigenvalue weighted by Gasteiger charge is 2.17. The number of carboxylic acid groups (broad SMARTS) is 1. The molecule has 0 bridgehead atoms. The monoisotopic (exact) mass is 253 g/mol. The fourth-order valence-electron chi connectivity index (χ4n) is 2.12. The Kier molecular flexibility index (Phi) is 2.56. The van der Waals surface area contributed by atoms with Crippen molar-refractivity contribution in [1.29, 1.82) is 0 Å². The molecule has 0 saturated carbocycles. The van der Waals surface area contributed by atoms with Crippen molar-refractivity contribution < 1.29 is 14.3 Å². The van der Waals surface area contributed by atoms with Crippen molar-refractivity contribution in [3.63, 3.8) is 0 Å². The minimum Gasteiger partial charge on any atom is -0.476 e.